The maximum absolute atomic E-state index is 11.9. The highest BCUT2D eigenvalue weighted by Gasteiger charge is 2.53. The monoisotopic (exact) mass is 472 g/mol. The van der Waals surface area contributed by atoms with Crippen LogP contribution in [0.4, 0.5) is 0 Å². The quantitative estimate of drug-likeness (QED) is 0.611. The zero-order valence-electron chi connectivity index (χ0n) is 13.9. The third-order valence-corrected chi connectivity index (χ3v) is 6.61. The topological polar surface area (TPSA) is 35.8 Å². The van der Waals surface area contributed by atoms with Crippen LogP contribution in [0.3, 0.4) is 0 Å². The molecule has 1 N–H and O–H groups in total. The van der Waals surface area contributed by atoms with Gasteiger partial charge in [-0.3, -0.25) is 4.99 Å². The van der Waals surface area contributed by atoms with Gasteiger partial charge in [0.05, 0.1) is 5.25 Å². The van der Waals surface area contributed by atoms with Crippen molar-refractivity contribution in [2.75, 3.05) is 13.1 Å². The van der Waals surface area contributed by atoms with Crippen LogP contribution in [0.15, 0.2) is 53.5 Å². The summed E-state index contributed by atoms with van der Waals surface area (Å²) in [6.07, 6.45) is 2.06. The molecule has 26 heavy (non-hydrogen) atoms. The average Bonchev–Trinajstić information content (AvgIpc) is 2.77. The number of aliphatic hydroxyl groups is 1. The summed E-state index contributed by atoms with van der Waals surface area (Å²) in [4.78, 5) is 6.76. The molecule has 1 saturated heterocycles. The smallest absolute Gasteiger partial charge is 0.182 e. The number of thioether (sulfide) groups is 1. The lowest BCUT2D eigenvalue weighted by Gasteiger charge is -2.38. The summed E-state index contributed by atoms with van der Waals surface area (Å²) in [6.45, 7) is 1.60. The standard InChI is InChI=1S/C19H18Cl2N2OS.BrH/c20-15-7-3-13(4-8-15)17-19(24,14-5-9-16(21)10-6-14)23-12-2-1-11-22-18(23)25-17;/h3-10,17,24H,1-2,11-12H2;1H. The van der Waals surface area contributed by atoms with Crippen LogP contribution in [0.25, 0.3) is 0 Å². The first-order valence-electron chi connectivity index (χ1n) is 8.31. The largest absolute Gasteiger partial charge is 0.365 e. The Morgan fingerprint density at radius 1 is 1.00 bits per heavy atom. The Balaban J connectivity index is 0.00000196. The first-order valence-corrected chi connectivity index (χ1v) is 9.95. The highest BCUT2D eigenvalue weighted by Crippen LogP contribution is 2.54. The summed E-state index contributed by atoms with van der Waals surface area (Å²) in [5.41, 5.74) is 0.700. The van der Waals surface area contributed by atoms with Crippen molar-refractivity contribution in [2.45, 2.75) is 23.8 Å². The van der Waals surface area contributed by atoms with E-state index in [9.17, 15) is 5.11 Å². The van der Waals surface area contributed by atoms with Gasteiger partial charge in [0.15, 0.2) is 10.9 Å². The highest BCUT2D eigenvalue weighted by atomic mass is 79.9. The SMILES string of the molecule is Br.OC1(c2ccc(Cl)cc2)C(c2ccc(Cl)cc2)SC2=NCCCCN21. The molecule has 0 amide bonds. The van der Waals surface area contributed by atoms with Gasteiger partial charge >= 0.3 is 0 Å². The number of nitrogens with zero attached hydrogens (tertiary/aromatic N) is 2. The fourth-order valence-corrected chi connectivity index (χ4v) is 5.13. The molecule has 0 spiro atoms. The Hall–Kier alpha value is -0.720. The predicted molar refractivity (Wildman–Crippen MR) is 116 cm³/mol. The van der Waals surface area contributed by atoms with E-state index in [0.717, 1.165) is 42.2 Å². The van der Waals surface area contributed by atoms with Crippen molar-refractivity contribution >= 4 is 57.1 Å². The number of benzene rings is 2. The summed E-state index contributed by atoms with van der Waals surface area (Å²) in [5, 5.41) is 14.0. The average molecular weight is 474 g/mol. The van der Waals surface area contributed by atoms with Crippen LogP contribution >= 0.6 is 51.9 Å². The van der Waals surface area contributed by atoms with E-state index in [1.165, 1.54) is 0 Å². The second-order valence-electron chi connectivity index (χ2n) is 6.31. The van der Waals surface area contributed by atoms with Gasteiger partial charge in [-0.2, -0.15) is 0 Å². The van der Waals surface area contributed by atoms with Crippen LogP contribution in [-0.2, 0) is 5.72 Å². The molecule has 138 valence electrons. The Bertz CT molecular complexity index is 800. The molecule has 2 heterocycles. The normalized spacial score (nSPS) is 25.1. The lowest BCUT2D eigenvalue weighted by molar-refractivity contribution is -0.0712. The van der Waals surface area contributed by atoms with E-state index < -0.39 is 5.72 Å². The van der Waals surface area contributed by atoms with Gasteiger partial charge in [-0.05, 0) is 42.7 Å². The van der Waals surface area contributed by atoms with Crippen LogP contribution in [0, 0.1) is 0 Å². The molecule has 2 atom stereocenters. The third kappa shape index (κ3) is 3.52. The van der Waals surface area contributed by atoms with Crippen molar-refractivity contribution in [3.8, 4) is 0 Å². The number of fused-ring (bicyclic) bond motifs is 1. The first kappa shape index (κ1) is 20.0. The zero-order chi connectivity index (χ0) is 17.4. The van der Waals surface area contributed by atoms with Gasteiger partial charge in [-0.25, -0.2) is 0 Å². The van der Waals surface area contributed by atoms with Crippen LogP contribution in [0.5, 0.6) is 0 Å². The maximum atomic E-state index is 11.9. The molecular formula is C19H19BrCl2N2OS. The number of amidine groups is 1. The summed E-state index contributed by atoms with van der Waals surface area (Å²) in [5.74, 6) is 0. The molecular weight excluding hydrogens is 455 g/mol. The molecule has 2 aromatic carbocycles. The molecule has 1 fully saturated rings. The van der Waals surface area contributed by atoms with Crippen molar-refractivity contribution in [1.29, 1.82) is 0 Å². The Labute approximate surface area is 178 Å². The van der Waals surface area contributed by atoms with Gasteiger partial charge in [0.1, 0.15) is 0 Å². The number of aliphatic imine (C=N–C) groups is 1. The van der Waals surface area contributed by atoms with Gasteiger partial charge < -0.3 is 10.0 Å². The number of hydrogen-bond donors (Lipinski definition) is 1. The van der Waals surface area contributed by atoms with Gasteiger partial charge in [0, 0.05) is 28.7 Å². The molecule has 0 bridgehead atoms. The van der Waals surface area contributed by atoms with Crippen molar-refractivity contribution < 1.29 is 5.11 Å². The van der Waals surface area contributed by atoms with Crippen molar-refractivity contribution in [1.82, 2.24) is 4.90 Å². The van der Waals surface area contributed by atoms with Crippen LogP contribution < -0.4 is 0 Å². The molecule has 4 rings (SSSR count). The molecule has 2 unspecified atom stereocenters. The van der Waals surface area contributed by atoms with Gasteiger partial charge in [0.2, 0.25) is 0 Å². The van der Waals surface area contributed by atoms with Gasteiger partial charge in [0.25, 0.3) is 0 Å². The van der Waals surface area contributed by atoms with Crippen LogP contribution in [0.1, 0.15) is 29.2 Å². The fourth-order valence-electron chi connectivity index (χ4n) is 3.42. The zero-order valence-corrected chi connectivity index (χ0v) is 18.0. The molecule has 3 nitrogen and oxygen atoms in total. The number of halogens is 3. The fraction of sp³-hybridized carbons (Fsp3) is 0.316. The van der Waals surface area contributed by atoms with Crippen molar-refractivity contribution in [2.24, 2.45) is 4.99 Å². The minimum Gasteiger partial charge on any atom is -0.365 e. The predicted octanol–water partition coefficient (Wildman–Crippen LogP) is 5.66. The summed E-state index contributed by atoms with van der Waals surface area (Å²) >= 11 is 13.7. The van der Waals surface area contributed by atoms with Gasteiger partial charge in [-0.15, -0.1) is 17.0 Å². The molecule has 0 aliphatic carbocycles. The highest BCUT2D eigenvalue weighted by molar-refractivity contribution is 8.93. The van der Waals surface area contributed by atoms with E-state index in [4.69, 9.17) is 28.2 Å². The summed E-state index contributed by atoms with van der Waals surface area (Å²) in [7, 11) is 0. The molecule has 2 aliphatic heterocycles. The van der Waals surface area contributed by atoms with Crippen molar-refractivity contribution in [3.63, 3.8) is 0 Å². The molecule has 0 radical (unpaired) electrons. The van der Waals surface area contributed by atoms with E-state index in [1.54, 1.807) is 11.8 Å². The molecule has 2 aromatic rings. The second-order valence-corrected chi connectivity index (χ2v) is 8.25. The number of hydrogen-bond acceptors (Lipinski definition) is 4. The Kier molecular flexibility index (Phi) is 6.25. The molecule has 7 heteroatoms. The van der Waals surface area contributed by atoms with Crippen LogP contribution in [0.2, 0.25) is 10.0 Å². The number of rotatable bonds is 2. The van der Waals surface area contributed by atoms with E-state index in [1.807, 2.05) is 53.4 Å². The summed E-state index contributed by atoms with van der Waals surface area (Å²) < 4.78 is 0. The molecule has 0 saturated carbocycles. The minimum absolute atomic E-state index is 0. The van der Waals surface area contributed by atoms with E-state index in [2.05, 4.69) is 0 Å². The minimum atomic E-state index is -1.16. The Morgan fingerprint density at radius 2 is 1.62 bits per heavy atom. The third-order valence-electron chi connectivity index (χ3n) is 4.71. The van der Waals surface area contributed by atoms with E-state index >= 15 is 0 Å². The first-order chi connectivity index (χ1) is 12.1. The van der Waals surface area contributed by atoms with E-state index in [0.29, 0.717) is 10.0 Å². The van der Waals surface area contributed by atoms with Crippen molar-refractivity contribution in [3.05, 3.63) is 69.7 Å². The Morgan fingerprint density at radius 3 is 2.27 bits per heavy atom. The second kappa shape index (κ2) is 8.11. The van der Waals surface area contributed by atoms with Gasteiger partial charge in [-0.1, -0.05) is 59.2 Å². The molecule has 0 aromatic heterocycles. The lowest BCUT2D eigenvalue weighted by atomic mass is 9.92. The lowest BCUT2D eigenvalue weighted by Crippen LogP contribution is -2.46. The van der Waals surface area contributed by atoms with Crippen LogP contribution in [-0.4, -0.2) is 28.3 Å². The molecule has 2 aliphatic rings. The van der Waals surface area contributed by atoms with E-state index in [-0.39, 0.29) is 22.2 Å². The summed E-state index contributed by atoms with van der Waals surface area (Å²) in [6, 6.07) is 15.1. The maximum Gasteiger partial charge on any atom is 0.182 e.